The predicted octanol–water partition coefficient (Wildman–Crippen LogP) is 5.50. The lowest BCUT2D eigenvalue weighted by atomic mass is 10.2. The number of hydrogen-bond acceptors (Lipinski definition) is 18. The topological polar surface area (TPSA) is 174 Å². The minimum Gasteiger partial charge on any atom is -0.487 e. The van der Waals surface area contributed by atoms with Gasteiger partial charge in [0.1, 0.15) is 58.6 Å². The maximum atomic E-state index is 13.6. The van der Waals surface area contributed by atoms with E-state index in [9.17, 15) is 4.79 Å². The second-order valence-corrected chi connectivity index (χ2v) is 14.2. The van der Waals surface area contributed by atoms with Crippen LogP contribution < -0.4 is 42.6 Å². The number of hydrogen-bond donors (Lipinski definition) is 0. The van der Waals surface area contributed by atoms with Crippen LogP contribution in [0.5, 0.6) is 51.7 Å². The second-order valence-electron chi connectivity index (χ2n) is 14.2. The summed E-state index contributed by atoms with van der Waals surface area (Å²) in [6, 6.07) is 24.6. The first-order valence-corrected chi connectivity index (χ1v) is 22.6. The number of rotatable bonds is 2. The molecule has 0 unspecified atom stereocenters. The van der Waals surface area contributed by atoms with Crippen molar-refractivity contribution in [2.45, 2.75) is 0 Å². The van der Waals surface area contributed by atoms with Crippen LogP contribution in [0.3, 0.4) is 0 Å². The van der Waals surface area contributed by atoms with Crippen molar-refractivity contribution in [2.75, 3.05) is 159 Å². The summed E-state index contributed by atoms with van der Waals surface area (Å²) in [5, 5.41) is 0. The standard InChI is InChI=1S/C49H62O18/c50-49(39-9-11-45-47(37-39)65-35-27-57-19-17-53-23-31-61-43-7-3-1-5-41(43)59-29-21-51-13-15-55-25-33-63-45)67-40-10-12-46-48(38-40)66-36-28-58-20-18-54-24-32-62-44-8-4-2-6-42(44)60-30-22-52-14-16-56-26-34-64-46/h1-12,37-38H,13-36H2. The fraction of sp³-hybridized carbons (Fsp3) is 0.490. The van der Waals surface area contributed by atoms with Gasteiger partial charge >= 0.3 is 5.97 Å². The minimum atomic E-state index is -0.628. The first-order valence-electron chi connectivity index (χ1n) is 22.6. The van der Waals surface area contributed by atoms with Gasteiger partial charge in [-0.15, -0.1) is 0 Å². The lowest BCUT2D eigenvalue weighted by Gasteiger charge is -2.16. The molecule has 4 aromatic carbocycles. The summed E-state index contributed by atoms with van der Waals surface area (Å²) < 4.78 is 98.9. The SMILES string of the molecule is O=C(Oc1ccc2c(c1)OCCOCCOCCOc1ccccc1OCCOCCOCCO2)c1ccc2c(c1)OCCOCCOCCOc1ccccc1OCCOCCOCCO2. The molecule has 6 rings (SSSR count). The average Bonchev–Trinajstić information content (AvgIpc) is 3.34. The summed E-state index contributed by atoms with van der Waals surface area (Å²) in [7, 11) is 0. The molecule has 4 aromatic rings. The quantitative estimate of drug-likeness (QED) is 0.182. The van der Waals surface area contributed by atoms with E-state index < -0.39 is 5.97 Å². The van der Waals surface area contributed by atoms with E-state index in [0.29, 0.717) is 165 Å². The Bertz CT molecular complexity index is 1980. The lowest BCUT2D eigenvalue weighted by molar-refractivity contribution is 0.0223. The first kappa shape index (κ1) is 50.8. The van der Waals surface area contributed by atoms with Crippen molar-refractivity contribution >= 4 is 5.97 Å². The number of carbonyl (C=O) groups excluding carboxylic acids is 1. The molecule has 0 radical (unpaired) electrons. The van der Waals surface area contributed by atoms with E-state index in [-0.39, 0.29) is 51.0 Å². The molecule has 0 aromatic heterocycles. The van der Waals surface area contributed by atoms with Crippen molar-refractivity contribution in [3.05, 3.63) is 90.5 Å². The van der Waals surface area contributed by atoms with E-state index in [2.05, 4.69) is 0 Å². The van der Waals surface area contributed by atoms with Crippen LogP contribution in [0.2, 0.25) is 0 Å². The van der Waals surface area contributed by atoms with E-state index in [4.69, 9.17) is 80.5 Å². The maximum Gasteiger partial charge on any atom is 0.343 e. The minimum absolute atomic E-state index is 0.181. The zero-order valence-electron chi connectivity index (χ0n) is 37.9. The van der Waals surface area contributed by atoms with Crippen LogP contribution in [-0.2, 0) is 37.9 Å². The van der Waals surface area contributed by atoms with Gasteiger partial charge in [-0.1, -0.05) is 24.3 Å². The van der Waals surface area contributed by atoms with E-state index >= 15 is 0 Å². The molecule has 67 heavy (non-hydrogen) atoms. The van der Waals surface area contributed by atoms with Crippen LogP contribution in [0.15, 0.2) is 84.9 Å². The van der Waals surface area contributed by atoms with Crippen molar-refractivity contribution in [1.82, 2.24) is 0 Å². The molecule has 18 nitrogen and oxygen atoms in total. The molecular weight excluding hydrogens is 877 g/mol. The number of benzene rings is 4. The average molecular weight is 939 g/mol. The third kappa shape index (κ3) is 19.7. The zero-order chi connectivity index (χ0) is 46.2. The Hall–Kier alpha value is -5.57. The summed E-state index contributed by atoms with van der Waals surface area (Å²) >= 11 is 0. The van der Waals surface area contributed by atoms with Crippen molar-refractivity contribution in [3.8, 4) is 51.7 Å². The van der Waals surface area contributed by atoms with Gasteiger partial charge in [0, 0.05) is 6.07 Å². The summed E-state index contributed by atoms with van der Waals surface area (Å²) in [5.41, 5.74) is 0.229. The molecule has 0 amide bonds. The number of esters is 1. The molecule has 0 saturated heterocycles. The molecule has 0 atom stereocenters. The Morgan fingerprint density at radius 3 is 0.866 bits per heavy atom. The highest BCUT2D eigenvalue weighted by atomic mass is 16.6. The molecule has 0 N–H and O–H groups in total. The molecule has 0 bridgehead atoms. The highest BCUT2D eigenvalue weighted by Crippen LogP contribution is 2.34. The Balaban J connectivity index is 1.01. The van der Waals surface area contributed by atoms with Gasteiger partial charge in [-0.2, -0.15) is 0 Å². The van der Waals surface area contributed by atoms with Gasteiger partial charge in [0.2, 0.25) is 0 Å². The molecule has 2 aliphatic rings. The Labute approximate surface area is 391 Å². The normalized spacial score (nSPS) is 18.1. The van der Waals surface area contributed by atoms with Crippen LogP contribution >= 0.6 is 0 Å². The molecule has 366 valence electrons. The molecule has 0 spiro atoms. The molecular formula is C49H62O18. The molecule has 2 aliphatic heterocycles. The van der Waals surface area contributed by atoms with Gasteiger partial charge in [0.25, 0.3) is 0 Å². The Morgan fingerprint density at radius 2 is 0.537 bits per heavy atom. The highest BCUT2D eigenvalue weighted by Gasteiger charge is 2.17. The smallest absolute Gasteiger partial charge is 0.343 e. The predicted molar refractivity (Wildman–Crippen MR) is 241 cm³/mol. The van der Waals surface area contributed by atoms with Crippen LogP contribution in [0, 0.1) is 0 Å². The fourth-order valence-electron chi connectivity index (χ4n) is 6.17. The summed E-state index contributed by atoms with van der Waals surface area (Å²) in [6.45, 7) is 7.83. The first-order chi connectivity index (χ1) is 33.2. The highest BCUT2D eigenvalue weighted by molar-refractivity contribution is 5.92. The van der Waals surface area contributed by atoms with Crippen LogP contribution in [0.1, 0.15) is 10.4 Å². The van der Waals surface area contributed by atoms with Crippen LogP contribution in [0.4, 0.5) is 0 Å². The zero-order valence-corrected chi connectivity index (χ0v) is 37.9. The third-order valence-corrected chi connectivity index (χ3v) is 9.37. The van der Waals surface area contributed by atoms with Crippen LogP contribution in [-0.4, -0.2) is 165 Å². The number of ether oxygens (including phenoxy) is 17. The van der Waals surface area contributed by atoms with Crippen molar-refractivity contribution in [3.63, 3.8) is 0 Å². The molecule has 0 fully saturated rings. The van der Waals surface area contributed by atoms with Gasteiger partial charge in [-0.05, 0) is 54.6 Å². The lowest BCUT2D eigenvalue weighted by Crippen LogP contribution is -2.16. The van der Waals surface area contributed by atoms with Crippen molar-refractivity contribution in [1.29, 1.82) is 0 Å². The molecule has 18 heteroatoms. The van der Waals surface area contributed by atoms with Crippen LogP contribution in [0.25, 0.3) is 0 Å². The van der Waals surface area contributed by atoms with E-state index in [1.807, 2.05) is 48.5 Å². The van der Waals surface area contributed by atoms with E-state index in [1.54, 1.807) is 36.4 Å². The third-order valence-electron chi connectivity index (χ3n) is 9.37. The maximum absolute atomic E-state index is 13.6. The van der Waals surface area contributed by atoms with Gasteiger partial charge in [0.05, 0.1) is 111 Å². The van der Waals surface area contributed by atoms with Gasteiger partial charge in [0.15, 0.2) is 46.0 Å². The second kappa shape index (κ2) is 31.4. The Morgan fingerprint density at radius 1 is 0.284 bits per heavy atom. The monoisotopic (exact) mass is 938 g/mol. The van der Waals surface area contributed by atoms with Gasteiger partial charge < -0.3 is 80.5 Å². The number of fused-ring (bicyclic) bond motifs is 4. The van der Waals surface area contributed by atoms with Crippen molar-refractivity contribution < 1.29 is 85.3 Å². The molecule has 0 aliphatic carbocycles. The summed E-state index contributed by atoms with van der Waals surface area (Å²) in [4.78, 5) is 13.6. The van der Waals surface area contributed by atoms with Gasteiger partial charge in [-0.3, -0.25) is 0 Å². The van der Waals surface area contributed by atoms with E-state index in [0.717, 1.165) is 0 Å². The summed E-state index contributed by atoms with van der Waals surface area (Å²) in [6.07, 6.45) is 0. The Kier molecular flexibility index (Phi) is 23.8. The van der Waals surface area contributed by atoms with Crippen molar-refractivity contribution in [2.24, 2.45) is 0 Å². The fourth-order valence-corrected chi connectivity index (χ4v) is 6.17. The molecule has 2 heterocycles. The number of carbonyl (C=O) groups is 1. The largest absolute Gasteiger partial charge is 0.487 e. The van der Waals surface area contributed by atoms with Gasteiger partial charge in [-0.25, -0.2) is 4.79 Å². The molecule has 0 saturated carbocycles. The van der Waals surface area contributed by atoms with E-state index in [1.165, 1.54) is 0 Å². The number of para-hydroxylation sites is 4. The summed E-state index contributed by atoms with van der Waals surface area (Å²) in [5.74, 6) is 3.69.